The van der Waals surface area contributed by atoms with Crippen LogP contribution in [0.3, 0.4) is 0 Å². The number of hydrogen-bond donors (Lipinski definition) is 2. The highest BCUT2D eigenvalue weighted by Crippen LogP contribution is 2.53. The fraction of sp³-hybridized carbons (Fsp3) is 0.719. The number of carboxylic acid groups (broad SMARTS) is 1. The van der Waals surface area contributed by atoms with E-state index in [2.05, 4.69) is 36.4 Å². The summed E-state index contributed by atoms with van der Waals surface area (Å²) < 4.78 is 42.6. The van der Waals surface area contributed by atoms with Crippen molar-refractivity contribution in [3.63, 3.8) is 0 Å². The lowest BCUT2D eigenvalue weighted by Gasteiger charge is -2.44. The lowest BCUT2D eigenvalue weighted by atomic mass is 9.62. The molecule has 1 aliphatic heterocycles. The van der Waals surface area contributed by atoms with Gasteiger partial charge in [-0.25, -0.2) is 0 Å². The van der Waals surface area contributed by atoms with Crippen LogP contribution in [0.4, 0.5) is 13.2 Å². The number of alkyl halides is 3. The molecule has 0 spiro atoms. The second kappa shape index (κ2) is 11.4. The van der Waals surface area contributed by atoms with E-state index in [-0.39, 0.29) is 29.9 Å². The van der Waals surface area contributed by atoms with Crippen LogP contribution >= 0.6 is 0 Å². The number of likely N-dealkylation sites (tertiary alicyclic amines) is 1. The first kappa shape index (κ1) is 29.6. The zero-order valence-electron chi connectivity index (χ0n) is 24.2. The van der Waals surface area contributed by atoms with Gasteiger partial charge >= 0.3 is 12.1 Å². The molecule has 0 aromatic carbocycles. The number of hydrogen-bond acceptors (Lipinski definition) is 4. The van der Waals surface area contributed by atoms with Crippen LogP contribution in [0.2, 0.25) is 0 Å². The largest absolute Gasteiger partial charge is 0.481 e. The summed E-state index contributed by atoms with van der Waals surface area (Å²) in [5.41, 5.74) is 5.07. The number of carboxylic acids is 1. The number of halogens is 3. The number of rotatable bonds is 10. The van der Waals surface area contributed by atoms with Gasteiger partial charge in [-0.2, -0.15) is 18.7 Å². The van der Waals surface area contributed by atoms with Gasteiger partial charge in [-0.05, 0) is 74.5 Å². The van der Waals surface area contributed by atoms with Gasteiger partial charge < -0.3 is 5.11 Å². The van der Waals surface area contributed by atoms with Crippen molar-refractivity contribution in [2.24, 2.45) is 28.6 Å². The first-order chi connectivity index (χ1) is 18.9. The SMILES string of the molecule is CC(NOCC1=CCC(C)(C2CCCCC2)C(C(F)(F)F)=C1)C1(C)C=CC(CN2CC(C(=O)O)C2)=C(C2CC2)C1. The molecule has 0 amide bonds. The normalized spacial score (nSPS) is 31.6. The first-order valence-corrected chi connectivity index (χ1v) is 15.1. The minimum Gasteiger partial charge on any atom is -0.481 e. The quantitative estimate of drug-likeness (QED) is 0.281. The predicted octanol–water partition coefficient (Wildman–Crippen LogP) is 6.99. The highest BCUT2D eigenvalue weighted by atomic mass is 19.4. The Morgan fingerprint density at radius 2 is 1.88 bits per heavy atom. The maximum absolute atomic E-state index is 14.2. The number of hydroxylamine groups is 1. The number of carbonyl (C=O) groups is 1. The summed E-state index contributed by atoms with van der Waals surface area (Å²) >= 11 is 0. The Morgan fingerprint density at radius 3 is 2.50 bits per heavy atom. The zero-order valence-corrected chi connectivity index (χ0v) is 24.2. The standard InChI is InChI=1S/C32H45F3N2O3/c1-21(30(2)13-12-24(27(16-30)23-9-10-23)17-37-18-25(19-37)29(38)39)36-40-20-22-11-14-31(3,26-7-5-4-6-8-26)28(15-22)32(33,34)35/h11-13,15,21,23,25-26,36H,4-10,14,16-20H2,1-3H3,(H,38,39). The number of aliphatic carboxylic acids is 1. The van der Waals surface area contributed by atoms with Gasteiger partial charge in [-0.1, -0.05) is 56.9 Å². The van der Waals surface area contributed by atoms with E-state index in [1.165, 1.54) is 30.1 Å². The first-order valence-electron chi connectivity index (χ1n) is 15.1. The van der Waals surface area contributed by atoms with Gasteiger partial charge in [-0.3, -0.25) is 14.5 Å². The van der Waals surface area contributed by atoms with Crippen LogP contribution in [0.1, 0.15) is 78.6 Å². The highest BCUT2D eigenvalue weighted by molar-refractivity contribution is 5.71. The van der Waals surface area contributed by atoms with E-state index in [0.717, 1.165) is 45.1 Å². The molecule has 40 heavy (non-hydrogen) atoms. The van der Waals surface area contributed by atoms with E-state index in [1.54, 1.807) is 6.92 Å². The minimum atomic E-state index is -4.35. The third-order valence-electron chi connectivity index (χ3n) is 10.5. The maximum atomic E-state index is 14.2. The van der Waals surface area contributed by atoms with Crippen LogP contribution in [-0.2, 0) is 9.63 Å². The Morgan fingerprint density at radius 1 is 1.18 bits per heavy atom. The summed E-state index contributed by atoms with van der Waals surface area (Å²) in [6, 6.07) is -0.0396. The van der Waals surface area contributed by atoms with E-state index in [0.29, 0.717) is 31.0 Å². The van der Waals surface area contributed by atoms with Crippen LogP contribution in [-0.4, -0.2) is 54.4 Å². The molecule has 5 rings (SSSR count). The lowest BCUT2D eigenvalue weighted by Crippen LogP contribution is -2.51. The molecular formula is C32H45F3N2O3. The molecule has 0 bridgehead atoms. The predicted molar refractivity (Wildman–Crippen MR) is 149 cm³/mol. The smallest absolute Gasteiger partial charge is 0.413 e. The molecule has 1 heterocycles. The molecule has 0 radical (unpaired) electrons. The monoisotopic (exact) mass is 562 g/mol. The summed E-state index contributed by atoms with van der Waals surface area (Å²) in [5.74, 6) is -0.304. The van der Waals surface area contributed by atoms with Crippen molar-refractivity contribution in [1.29, 1.82) is 0 Å². The minimum absolute atomic E-state index is 0.0396. The number of nitrogens with zero attached hydrogens (tertiary/aromatic N) is 1. The van der Waals surface area contributed by atoms with Crippen LogP contribution in [0, 0.1) is 28.6 Å². The molecule has 3 unspecified atom stereocenters. The molecule has 3 fully saturated rings. The lowest BCUT2D eigenvalue weighted by molar-refractivity contribution is -0.147. The van der Waals surface area contributed by atoms with Crippen molar-refractivity contribution >= 4 is 5.97 Å². The molecular weight excluding hydrogens is 517 g/mol. The van der Waals surface area contributed by atoms with E-state index in [1.807, 2.05) is 6.08 Å². The summed E-state index contributed by atoms with van der Waals surface area (Å²) in [4.78, 5) is 19.2. The van der Waals surface area contributed by atoms with Crippen LogP contribution in [0.15, 0.2) is 46.6 Å². The Hall–Kier alpha value is -1.90. The molecule has 2 N–H and O–H groups in total. The Bertz CT molecular complexity index is 1090. The van der Waals surface area contributed by atoms with Crippen molar-refractivity contribution in [2.45, 2.75) is 90.8 Å². The molecule has 5 nitrogen and oxygen atoms in total. The van der Waals surface area contributed by atoms with E-state index >= 15 is 0 Å². The molecule has 8 heteroatoms. The van der Waals surface area contributed by atoms with E-state index in [9.17, 15) is 23.1 Å². The van der Waals surface area contributed by atoms with E-state index in [4.69, 9.17) is 4.84 Å². The molecule has 0 aromatic rings. The number of nitrogens with one attached hydrogen (secondary N) is 1. The molecule has 3 atom stereocenters. The van der Waals surface area contributed by atoms with Crippen LogP contribution in [0.25, 0.3) is 0 Å². The van der Waals surface area contributed by atoms with Gasteiger partial charge in [0.15, 0.2) is 0 Å². The van der Waals surface area contributed by atoms with Crippen molar-refractivity contribution in [2.75, 3.05) is 26.2 Å². The fourth-order valence-corrected chi connectivity index (χ4v) is 7.25. The summed E-state index contributed by atoms with van der Waals surface area (Å²) in [6.45, 7) is 8.17. The third-order valence-corrected chi connectivity index (χ3v) is 10.5. The highest BCUT2D eigenvalue weighted by Gasteiger charge is 2.50. The van der Waals surface area contributed by atoms with Crippen LogP contribution in [0.5, 0.6) is 0 Å². The van der Waals surface area contributed by atoms with Gasteiger partial charge in [-0.15, -0.1) is 0 Å². The second-order valence-electron chi connectivity index (χ2n) is 13.5. The average Bonchev–Trinajstić information content (AvgIpc) is 3.73. The average molecular weight is 563 g/mol. The Kier molecular flexibility index (Phi) is 8.44. The fourth-order valence-electron chi connectivity index (χ4n) is 7.25. The van der Waals surface area contributed by atoms with Gasteiger partial charge in [0.25, 0.3) is 0 Å². The molecule has 1 saturated heterocycles. The second-order valence-corrected chi connectivity index (χ2v) is 13.5. The maximum Gasteiger partial charge on any atom is 0.413 e. The third kappa shape index (κ3) is 6.29. The van der Waals surface area contributed by atoms with Crippen molar-refractivity contribution in [1.82, 2.24) is 10.4 Å². The van der Waals surface area contributed by atoms with E-state index < -0.39 is 23.1 Å². The topological polar surface area (TPSA) is 61.8 Å². The van der Waals surface area contributed by atoms with Crippen molar-refractivity contribution in [3.8, 4) is 0 Å². The molecule has 4 aliphatic carbocycles. The summed E-state index contributed by atoms with van der Waals surface area (Å²) in [5, 5.41) is 9.19. The van der Waals surface area contributed by atoms with Gasteiger partial charge in [0.2, 0.25) is 0 Å². The Balaban J connectivity index is 1.18. The van der Waals surface area contributed by atoms with Crippen molar-refractivity contribution < 1.29 is 27.9 Å². The Labute approximate surface area is 236 Å². The van der Waals surface area contributed by atoms with Gasteiger partial charge in [0, 0.05) is 42.1 Å². The zero-order chi connectivity index (χ0) is 28.7. The van der Waals surface area contributed by atoms with Gasteiger partial charge in [0.05, 0.1) is 12.5 Å². The molecule has 222 valence electrons. The van der Waals surface area contributed by atoms with Crippen LogP contribution < -0.4 is 5.48 Å². The summed E-state index contributed by atoms with van der Waals surface area (Å²) in [6.07, 6.45) is 12.0. The molecule has 2 saturated carbocycles. The van der Waals surface area contributed by atoms with Crippen molar-refractivity contribution in [3.05, 3.63) is 46.6 Å². The molecule has 5 aliphatic rings. The van der Waals surface area contributed by atoms with Gasteiger partial charge in [0.1, 0.15) is 0 Å². The number of allylic oxidation sites excluding steroid dienone is 3. The summed E-state index contributed by atoms with van der Waals surface area (Å²) in [7, 11) is 0. The molecule has 0 aromatic heterocycles.